The van der Waals surface area contributed by atoms with Crippen LogP contribution in [0.5, 0.6) is 23.0 Å². The molecule has 0 atom stereocenters. The van der Waals surface area contributed by atoms with Crippen molar-refractivity contribution < 1.29 is 18.6 Å². The van der Waals surface area contributed by atoms with E-state index < -0.39 is 0 Å². The summed E-state index contributed by atoms with van der Waals surface area (Å²) in [5.74, 6) is 2.78. The van der Waals surface area contributed by atoms with E-state index in [1.807, 2.05) is 42.5 Å². The molecule has 7 heteroatoms. The van der Waals surface area contributed by atoms with Crippen LogP contribution in [-0.2, 0) is 13.0 Å². The number of ether oxygens (including phenoxy) is 3. The van der Waals surface area contributed by atoms with Crippen LogP contribution in [0, 0.1) is 6.92 Å². The monoisotopic (exact) mass is 521 g/mol. The van der Waals surface area contributed by atoms with Gasteiger partial charge in [-0.15, -0.1) is 0 Å². The van der Waals surface area contributed by atoms with E-state index in [4.69, 9.17) is 18.6 Å². The third-order valence-corrected chi connectivity index (χ3v) is 6.62. The maximum Gasteiger partial charge on any atom is 0.235 e. The zero-order chi connectivity index (χ0) is 23.7. The Morgan fingerprint density at radius 1 is 1.03 bits per heavy atom. The Labute approximate surface area is 205 Å². The summed E-state index contributed by atoms with van der Waals surface area (Å²) in [6.07, 6.45) is 0.820. The first-order valence-electron chi connectivity index (χ1n) is 11.0. The number of para-hydroxylation sites is 2. The van der Waals surface area contributed by atoms with Crippen molar-refractivity contribution in [3.63, 3.8) is 0 Å². The van der Waals surface area contributed by atoms with Gasteiger partial charge >= 0.3 is 0 Å². The summed E-state index contributed by atoms with van der Waals surface area (Å²) in [6, 6.07) is 19.0. The van der Waals surface area contributed by atoms with E-state index >= 15 is 0 Å². The molecule has 1 aromatic heterocycles. The molecule has 1 aliphatic rings. The van der Waals surface area contributed by atoms with E-state index in [1.54, 1.807) is 26.2 Å². The predicted molar refractivity (Wildman–Crippen MR) is 134 cm³/mol. The topological polar surface area (TPSA) is 61.1 Å². The number of benzene rings is 3. The average Bonchev–Trinajstić information content (AvgIpc) is 2.86. The van der Waals surface area contributed by atoms with Crippen molar-refractivity contribution in [3.8, 4) is 23.0 Å². The van der Waals surface area contributed by atoms with Gasteiger partial charge in [0.15, 0.2) is 0 Å². The van der Waals surface area contributed by atoms with Crippen molar-refractivity contribution in [2.45, 2.75) is 19.9 Å². The van der Waals surface area contributed by atoms with Crippen LogP contribution in [0.2, 0.25) is 0 Å². The van der Waals surface area contributed by atoms with E-state index in [1.165, 1.54) is 0 Å². The summed E-state index contributed by atoms with van der Waals surface area (Å²) in [5, 5.41) is 0.474. The van der Waals surface area contributed by atoms with Gasteiger partial charge in [0.25, 0.3) is 0 Å². The predicted octanol–water partition coefficient (Wildman–Crippen LogP) is 6.06. The van der Waals surface area contributed by atoms with Crippen LogP contribution in [0.25, 0.3) is 11.0 Å². The van der Waals surface area contributed by atoms with Crippen molar-refractivity contribution in [2.75, 3.05) is 20.4 Å². The van der Waals surface area contributed by atoms with Crippen LogP contribution in [0.15, 0.2) is 74.3 Å². The molecule has 0 spiro atoms. The number of aryl methyl sites for hydroxylation is 1. The molecule has 0 radical (unpaired) electrons. The number of hydrogen-bond donors (Lipinski definition) is 0. The highest BCUT2D eigenvalue weighted by atomic mass is 79.9. The fourth-order valence-corrected chi connectivity index (χ4v) is 4.55. The normalized spacial score (nSPS) is 13.4. The first-order chi connectivity index (χ1) is 16.5. The van der Waals surface area contributed by atoms with Crippen LogP contribution in [0.4, 0.5) is 0 Å². The smallest absolute Gasteiger partial charge is 0.235 e. The van der Waals surface area contributed by atoms with Gasteiger partial charge in [-0.2, -0.15) is 0 Å². The van der Waals surface area contributed by atoms with E-state index in [2.05, 4.69) is 26.9 Å². The molecule has 4 aromatic rings. The molecule has 0 N–H and O–H groups in total. The molecule has 5 rings (SSSR count). The van der Waals surface area contributed by atoms with Crippen molar-refractivity contribution in [1.82, 2.24) is 4.90 Å². The number of methoxy groups -OCH3 is 1. The minimum atomic E-state index is -0.205. The van der Waals surface area contributed by atoms with Gasteiger partial charge in [-0.25, -0.2) is 0 Å². The molecule has 0 saturated carbocycles. The highest BCUT2D eigenvalue weighted by Gasteiger charge is 2.24. The molecule has 0 aliphatic carbocycles. The fraction of sp³-hybridized carbons (Fsp3) is 0.222. The lowest BCUT2D eigenvalue weighted by Gasteiger charge is -2.29. The molecular formula is C27H24BrNO5. The van der Waals surface area contributed by atoms with Crippen LogP contribution < -0.4 is 19.6 Å². The van der Waals surface area contributed by atoms with E-state index in [-0.39, 0.29) is 11.2 Å². The first-order valence-corrected chi connectivity index (χ1v) is 11.8. The third kappa shape index (κ3) is 4.29. The Morgan fingerprint density at radius 2 is 1.79 bits per heavy atom. The zero-order valence-corrected chi connectivity index (χ0v) is 20.6. The molecule has 2 heterocycles. The number of fused-ring (bicyclic) bond motifs is 3. The Balaban J connectivity index is 1.44. The van der Waals surface area contributed by atoms with Gasteiger partial charge in [0.05, 0.1) is 22.5 Å². The lowest BCUT2D eigenvalue weighted by atomic mass is 10.1. The van der Waals surface area contributed by atoms with Crippen LogP contribution in [-0.4, -0.2) is 25.3 Å². The molecular weight excluding hydrogens is 498 g/mol. The Kier molecular flexibility index (Phi) is 6.30. The van der Waals surface area contributed by atoms with Gasteiger partial charge in [0, 0.05) is 13.1 Å². The summed E-state index contributed by atoms with van der Waals surface area (Å²) < 4.78 is 24.4. The van der Waals surface area contributed by atoms with E-state index in [0.29, 0.717) is 35.8 Å². The molecule has 0 bridgehead atoms. The van der Waals surface area contributed by atoms with Crippen molar-refractivity contribution >= 4 is 26.9 Å². The number of hydrogen-bond acceptors (Lipinski definition) is 6. The first kappa shape index (κ1) is 22.5. The van der Waals surface area contributed by atoms with Gasteiger partial charge in [-0.3, -0.25) is 9.69 Å². The van der Waals surface area contributed by atoms with E-state index in [0.717, 1.165) is 40.1 Å². The molecule has 34 heavy (non-hydrogen) atoms. The Hall–Kier alpha value is -3.29. The van der Waals surface area contributed by atoms with Gasteiger partial charge < -0.3 is 18.6 Å². The van der Waals surface area contributed by atoms with Gasteiger partial charge in [0.1, 0.15) is 35.3 Å². The summed E-state index contributed by atoms with van der Waals surface area (Å²) in [7, 11) is 1.68. The highest BCUT2D eigenvalue weighted by Crippen LogP contribution is 2.35. The summed E-state index contributed by atoms with van der Waals surface area (Å²) >= 11 is 3.46. The van der Waals surface area contributed by atoms with Crippen molar-refractivity contribution in [2.24, 2.45) is 0 Å². The van der Waals surface area contributed by atoms with Crippen molar-refractivity contribution in [1.29, 1.82) is 0 Å². The van der Waals surface area contributed by atoms with Crippen LogP contribution in [0.3, 0.4) is 0 Å². The molecule has 0 fully saturated rings. The van der Waals surface area contributed by atoms with Crippen molar-refractivity contribution in [3.05, 3.63) is 92.2 Å². The lowest BCUT2D eigenvalue weighted by Crippen LogP contribution is -2.34. The molecule has 0 amide bonds. The summed E-state index contributed by atoms with van der Waals surface area (Å²) in [4.78, 5) is 15.5. The maximum atomic E-state index is 13.3. The minimum absolute atomic E-state index is 0.184. The SMILES string of the molecule is COc1ccccc1CCN1COc2ccc3c(=O)c(Oc4ccccc4Br)c(C)oc3c2C1. The number of rotatable bonds is 6. The second kappa shape index (κ2) is 9.52. The van der Waals surface area contributed by atoms with Crippen LogP contribution >= 0.6 is 15.9 Å². The minimum Gasteiger partial charge on any atom is -0.496 e. The molecule has 1 aliphatic heterocycles. The van der Waals surface area contributed by atoms with Gasteiger partial charge in [-0.05, 0) is 65.2 Å². The standard InChI is InChI=1S/C27H24BrNO5/c1-17-26(34-24-10-6-4-8-21(24)28)25(30)19-11-12-23-20(27(19)33-17)15-29(16-32-23)14-13-18-7-3-5-9-22(18)31-2/h3-12H,13-16H2,1-2H3. The largest absolute Gasteiger partial charge is 0.496 e. The maximum absolute atomic E-state index is 13.3. The lowest BCUT2D eigenvalue weighted by molar-refractivity contribution is 0.0966. The molecule has 0 saturated heterocycles. The third-order valence-electron chi connectivity index (χ3n) is 5.97. The number of nitrogens with zero attached hydrogens (tertiary/aromatic N) is 1. The zero-order valence-electron chi connectivity index (χ0n) is 19.0. The summed E-state index contributed by atoms with van der Waals surface area (Å²) in [5.41, 5.74) is 2.35. The quantitative estimate of drug-likeness (QED) is 0.307. The van der Waals surface area contributed by atoms with Crippen LogP contribution in [0.1, 0.15) is 16.9 Å². The van der Waals surface area contributed by atoms with Gasteiger partial charge in [0.2, 0.25) is 11.2 Å². The molecule has 3 aromatic carbocycles. The summed E-state index contributed by atoms with van der Waals surface area (Å²) in [6.45, 7) is 3.62. The fourth-order valence-electron chi connectivity index (χ4n) is 4.19. The molecule has 0 unspecified atom stereocenters. The molecule has 6 nitrogen and oxygen atoms in total. The highest BCUT2D eigenvalue weighted by molar-refractivity contribution is 9.10. The Bertz CT molecular complexity index is 1410. The average molecular weight is 522 g/mol. The second-order valence-corrected chi connectivity index (χ2v) is 9.01. The Morgan fingerprint density at radius 3 is 2.59 bits per heavy atom. The van der Waals surface area contributed by atoms with Gasteiger partial charge in [-0.1, -0.05) is 30.3 Å². The second-order valence-electron chi connectivity index (χ2n) is 8.16. The van der Waals surface area contributed by atoms with E-state index in [9.17, 15) is 4.79 Å². The molecule has 174 valence electrons. The number of halogens is 1.